The number of hydrogen-bond acceptors (Lipinski definition) is 5. The van der Waals surface area contributed by atoms with Gasteiger partial charge in [0, 0.05) is 30.5 Å². The van der Waals surface area contributed by atoms with Crippen LogP contribution in [0.4, 0.5) is 0 Å². The fraction of sp³-hybridized carbons (Fsp3) is 0.450. The third-order valence-electron chi connectivity index (χ3n) is 4.80. The second-order valence-corrected chi connectivity index (χ2v) is 7.57. The van der Waals surface area contributed by atoms with Crippen LogP contribution in [0.25, 0.3) is 0 Å². The molecule has 6 nitrogen and oxygen atoms in total. The summed E-state index contributed by atoms with van der Waals surface area (Å²) in [5.74, 6) is 0.633. The molecule has 0 bridgehead atoms. The van der Waals surface area contributed by atoms with Crippen molar-refractivity contribution in [3.8, 4) is 5.75 Å². The highest BCUT2D eigenvalue weighted by atomic mass is 32.1. The van der Waals surface area contributed by atoms with Gasteiger partial charge in [-0.1, -0.05) is 25.1 Å². The van der Waals surface area contributed by atoms with Crippen molar-refractivity contribution in [2.45, 2.75) is 39.3 Å². The van der Waals surface area contributed by atoms with Gasteiger partial charge in [-0.2, -0.15) is 0 Å². The molecule has 1 aliphatic rings. The van der Waals surface area contributed by atoms with E-state index >= 15 is 0 Å². The van der Waals surface area contributed by atoms with Crippen LogP contribution in [0.15, 0.2) is 29.6 Å². The summed E-state index contributed by atoms with van der Waals surface area (Å²) < 4.78 is 5.37. The van der Waals surface area contributed by atoms with E-state index in [1.165, 1.54) is 0 Å². The van der Waals surface area contributed by atoms with Gasteiger partial charge in [-0.25, -0.2) is 4.98 Å². The maximum absolute atomic E-state index is 12.6. The zero-order valence-corrected chi connectivity index (χ0v) is 16.6. The Labute approximate surface area is 163 Å². The predicted octanol–water partition coefficient (Wildman–Crippen LogP) is 2.77. The van der Waals surface area contributed by atoms with E-state index < -0.39 is 0 Å². The molecular weight excluding hydrogens is 362 g/mol. The van der Waals surface area contributed by atoms with E-state index in [-0.39, 0.29) is 17.7 Å². The minimum absolute atomic E-state index is 0.0132. The van der Waals surface area contributed by atoms with Crippen molar-refractivity contribution < 1.29 is 14.3 Å². The minimum Gasteiger partial charge on any atom is -0.496 e. The molecule has 2 heterocycles. The fourth-order valence-electron chi connectivity index (χ4n) is 3.22. The van der Waals surface area contributed by atoms with Gasteiger partial charge in [0.15, 0.2) is 0 Å². The van der Waals surface area contributed by atoms with Crippen LogP contribution < -0.4 is 10.1 Å². The first kappa shape index (κ1) is 19.4. The lowest BCUT2D eigenvalue weighted by Crippen LogP contribution is -2.45. The zero-order chi connectivity index (χ0) is 19.2. The maximum Gasteiger partial charge on any atom is 0.225 e. The van der Waals surface area contributed by atoms with Gasteiger partial charge < -0.3 is 15.0 Å². The van der Waals surface area contributed by atoms with Crippen LogP contribution in [0.1, 0.15) is 36.0 Å². The van der Waals surface area contributed by atoms with E-state index in [1.54, 1.807) is 23.3 Å². The Morgan fingerprint density at radius 1 is 1.41 bits per heavy atom. The number of methoxy groups -OCH3 is 1. The molecule has 1 aromatic heterocycles. The lowest BCUT2D eigenvalue weighted by atomic mass is 9.96. The summed E-state index contributed by atoms with van der Waals surface area (Å²) >= 11 is 1.57. The highest BCUT2D eigenvalue weighted by Gasteiger charge is 2.30. The Hall–Kier alpha value is -2.41. The average Bonchev–Trinajstić information content (AvgIpc) is 3.16. The van der Waals surface area contributed by atoms with Gasteiger partial charge in [0.05, 0.1) is 25.3 Å². The van der Waals surface area contributed by atoms with Crippen molar-refractivity contribution in [3.63, 3.8) is 0 Å². The molecule has 0 radical (unpaired) electrons. The average molecular weight is 388 g/mol. The van der Waals surface area contributed by atoms with E-state index in [0.29, 0.717) is 32.5 Å². The van der Waals surface area contributed by atoms with Crippen molar-refractivity contribution in [1.82, 2.24) is 15.2 Å². The largest absolute Gasteiger partial charge is 0.496 e. The summed E-state index contributed by atoms with van der Waals surface area (Å²) in [5, 5.41) is 5.91. The molecular formula is C20H25N3O3S. The molecule has 0 unspecified atom stereocenters. The second-order valence-electron chi connectivity index (χ2n) is 6.63. The van der Waals surface area contributed by atoms with Gasteiger partial charge in [-0.05, 0) is 18.9 Å². The molecule has 3 rings (SSSR count). The van der Waals surface area contributed by atoms with Crippen molar-refractivity contribution >= 4 is 23.2 Å². The number of piperidine rings is 1. The Morgan fingerprint density at radius 2 is 2.22 bits per heavy atom. The van der Waals surface area contributed by atoms with E-state index in [1.807, 2.05) is 29.6 Å². The highest BCUT2D eigenvalue weighted by molar-refractivity contribution is 7.09. The van der Waals surface area contributed by atoms with E-state index in [9.17, 15) is 9.59 Å². The third-order valence-corrected chi connectivity index (χ3v) is 5.70. The molecule has 1 aromatic carbocycles. The number of likely N-dealkylation sites (tertiary alicyclic amines) is 1. The molecule has 2 amide bonds. The molecule has 1 N–H and O–H groups in total. The number of thiazole rings is 1. The summed E-state index contributed by atoms with van der Waals surface area (Å²) in [5.41, 5.74) is 2.00. The first-order chi connectivity index (χ1) is 13.1. The number of carbonyl (C=O) groups is 2. The summed E-state index contributed by atoms with van der Waals surface area (Å²) in [6.45, 7) is 3.40. The third kappa shape index (κ3) is 4.86. The van der Waals surface area contributed by atoms with Crippen LogP contribution in [-0.2, 0) is 29.1 Å². The number of benzene rings is 1. The molecule has 27 heavy (non-hydrogen) atoms. The number of nitrogens with zero attached hydrogens (tertiary/aromatic N) is 2. The Balaban J connectivity index is 1.58. The van der Waals surface area contributed by atoms with Gasteiger partial charge in [-0.3, -0.25) is 9.59 Å². The van der Waals surface area contributed by atoms with Crippen LogP contribution in [0.3, 0.4) is 0 Å². The van der Waals surface area contributed by atoms with Crippen LogP contribution in [0.2, 0.25) is 0 Å². The smallest absolute Gasteiger partial charge is 0.225 e. The number of carbonyl (C=O) groups excluding carboxylic acids is 2. The van der Waals surface area contributed by atoms with Crippen molar-refractivity contribution in [2.24, 2.45) is 5.92 Å². The van der Waals surface area contributed by atoms with Crippen molar-refractivity contribution in [2.75, 3.05) is 13.7 Å². The standard InChI is InChI=1S/C20H25N3O3S/c1-3-16-13-27-18(22-16)10-21-20(25)15-8-9-19(24)23(12-15)11-14-6-4-5-7-17(14)26-2/h4-7,13,15H,3,8-12H2,1-2H3,(H,21,25)/t15-/m1/s1. The van der Waals surface area contributed by atoms with Crippen LogP contribution in [0.5, 0.6) is 5.75 Å². The maximum atomic E-state index is 12.6. The summed E-state index contributed by atoms with van der Waals surface area (Å²) in [4.78, 5) is 31.1. The first-order valence-corrected chi connectivity index (χ1v) is 10.1. The summed E-state index contributed by atoms with van der Waals surface area (Å²) in [6, 6.07) is 7.66. The molecule has 0 saturated carbocycles. The lowest BCUT2D eigenvalue weighted by molar-refractivity contribution is -0.139. The molecule has 0 spiro atoms. The Bertz CT molecular complexity index is 805. The normalized spacial score (nSPS) is 17.0. The van der Waals surface area contributed by atoms with E-state index in [4.69, 9.17) is 4.74 Å². The van der Waals surface area contributed by atoms with Crippen molar-refractivity contribution in [3.05, 3.63) is 45.9 Å². The molecule has 0 aliphatic carbocycles. The molecule has 1 atom stereocenters. The topological polar surface area (TPSA) is 71.5 Å². The van der Waals surface area contributed by atoms with Gasteiger partial charge in [-0.15, -0.1) is 11.3 Å². The van der Waals surface area contributed by atoms with Crippen molar-refractivity contribution in [1.29, 1.82) is 0 Å². The SMILES string of the molecule is CCc1csc(CNC(=O)[C@@H]2CCC(=O)N(Cc3ccccc3OC)C2)n1. The van der Waals surface area contributed by atoms with E-state index in [2.05, 4.69) is 17.2 Å². The number of rotatable bonds is 7. The minimum atomic E-state index is -0.192. The quantitative estimate of drug-likeness (QED) is 0.793. The van der Waals surface area contributed by atoms with Gasteiger partial charge in [0.2, 0.25) is 11.8 Å². The number of aromatic nitrogens is 1. The number of aryl methyl sites for hydroxylation is 1. The van der Waals surface area contributed by atoms with Crippen LogP contribution in [-0.4, -0.2) is 35.4 Å². The molecule has 1 aliphatic heterocycles. The fourth-order valence-corrected chi connectivity index (χ4v) is 4.04. The molecule has 7 heteroatoms. The lowest BCUT2D eigenvalue weighted by Gasteiger charge is -2.32. The first-order valence-electron chi connectivity index (χ1n) is 9.21. The molecule has 2 aromatic rings. The van der Waals surface area contributed by atoms with Crippen LogP contribution in [0, 0.1) is 5.92 Å². The van der Waals surface area contributed by atoms with Gasteiger partial charge >= 0.3 is 0 Å². The predicted molar refractivity (Wildman–Crippen MR) is 104 cm³/mol. The number of hydrogen-bond donors (Lipinski definition) is 1. The van der Waals surface area contributed by atoms with Gasteiger partial charge in [0.1, 0.15) is 10.8 Å². The van der Waals surface area contributed by atoms with Crippen LogP contribution >= 0.6 is 11.3 Å². The summed E-state index contributed by atoms with van der Waals surface area (Å²) in [6.07, 6.45) is 1.88. The Morgan fingerprint density at radius 3 is 2.96 bits per heavy atom. The number of ether oxygens (including phenoxy) is 1. The Kier molecular flexibility index (Phi) is 6.45. The molecule has 144 valence electrons. The van der Waals surface area contributed by atoms with E-state index in [0.717, 1.165) is 28.4 Å². The highest BCUT2D eigenvalue weighted by Crippen LogP contribution is 2.24. The molecule has 1 fully saturated rings. The van der Waals surface area contributed by atoms with Gasteiger partial charge in [0.25, 0.3) is 0 Å². The number of amides is 2. The molecule has 1 saturated heterocycles. The number of nitrogens with one attached hydrogen (secondary N) is 1. The second kappa shape index (κ2) is 8.99. The zero-order valence-electron chi connectivity index (χ0n) is 15.7. The monoisotopic (exact) mass is 387 g/mol. The summed E-state index contributed by atoms with van der Waals surface area (Å²) in [7, 11) is 1.62. The number of para-hydroxylation sites is 1.